The summed E-state index contributed by atoms with van der Waals surface area (Å²) in [7, 11) is 0. The van der Waals surface area contributed by atoms with E-state index >= 15 is 0 Å². The topological polar surface area (TPSA) is 50.8 Å². The molecule has 1 saturated heterocycles. The summed E-state index contributed by atoms with van der Waals surface area (Å²) in [5.74, 6) is 0.971. The molecule has 0 aliphatic carbocycles. The normalized spacial score (nSPS) is 24.0. The highest BCUT2D eigenvalue weighted by Gasteiger charge is 2.32. The fourth-order valence-electron chi connectivity index (χ4n) is 3.19. The third-order valence-electron chi connectivity index (χ3n) is 4.24. The molecule has 2 aliphatic heterocycles. The average Bonchev–Trinajstić information content (AvgIpc) is 2.95. The molecule has 1 N–H and O–H groups in total. The molecule has 2 heterocycles. The van der Waals surface area contributed by atoms with Gasteiger partial charge < -0.3 is 19.7 Å². The van der Waals surface area contributed by atoms with E-state index in [-0.39, 0.29) is 6.09 Å². The van der Waals surface area contributed by atoms with Gasteiger partial charge in [-0.05, 0) is 33.3 Å². The van der Waals surface area contributed by atoms with Gasteiger partial charge >= 0.3 is 6.09 Å². The average molecular weight is 318 g/mol. The summed E-state index contributed by atoms with van der Waals surface area (Å²) in [4.78, 5) is 14.0. The maximum atomic E-state index is 12.2. The highest BCUT2D eigenvalue weighted by molar-refractivity contribution is 5.68. The van der Waals surface area contributed by atoms with Gasteiger partial charge in [0.25, 0.3) is 0 Å². The van der Waals surface area contributed by atoms with Gasteiger partial charge in [-0.1, -0.05) is 18.2 Å². The van der Waals surface area contributed by atoms with Crippen LogP contribution in [-0.2, 0) is 4.74 Å². The summed E-state index contributed by atoms with van der Waals surface area (Å²) in [5, 5.41) is 3.69. The Morgan fingerprint density at radius 2 is 2.09 bits per heavy atom. The number of hydrogen-bond donors (Lipinski definition) is 1. The van der Waals surface area contributed by atoms with E-state index in [2.05, 4.69) is 11.4 Å². The smallest absolute Gasteiger partial charge is 0.410 e. The first-order valence-corrected chi connectivity index (χ1v) is 8.38. The molecule has 1 amide bonds. The highest BCUT2D eigenvalue weighted by Crippen LogP contribution is 2.32. The molecule has 2 unspecified atom stereocenters. The number of benzene rings is 1. The summed E-state index contributed by atoms with van der Waals surface area (Å²) in [6.45, 7) is 7.88. The van der Waals surface area contributed by atoms with Crippen LogP contribution in [0.4, 0.5) is 4.79 Å². The van der Waals surface area contributed by atoms with Crippen molar-refractivity contribution in [2.75, 3.05) is 19.7 Å². The molecule has 0 radical (unpaired) electrons. The van der Waals surface area contributed by atoms with E-state index in [1.807, 2.05) is 39.0 Å². The second-order valence-electron chi connectivity index (χ2n) is 7.31. The number of carbonyl (C=O) groups excluding carboxylic acids is 1. The zero-order chi connectivity index (χ0) is 16.4. The summed E-state index contributed by atoms with van der Waals surface area (Å²) in [6, 6.07) is 8.78. The van der Waals surface area contributed by atoms with E-state index < -0.39 is 5.60 Å². The molecule has 1 fully saturated rings. The number of amides is 1. The molecule has 0 saturated carbocycles. The zero-order valence-electron chi connectivity index (χ0n) is 14.2. The number of rotatable bonds is 2. The van der Waals surface area contributed by atoms with Crippen LogP contribution in [0.1, 0.15) is 45.2 Å². The summed E-state index contributed by atoms with van der Waals surface area (Å²) < 4.78 is 11.2. The van der Waals surface area contributed by atoms with Crippen molar-refractivity contribution in [3.05, 3.63) is 29.8 Å². The van der Waals surface area contributed by atoms with Crippen LogP contribution in [0.5, 0.6) is 5.75 Å². The SMILES string of the molecule is CC(C)(C)OC(=O)N1CCC(NC2CCOc3ccccc32)C1. The molecule has 126 valence electrons. The summed E-state index contributed by atoms with van der Waals surface area (Å²) in [5.41, 5.74) is 0.775. The fraction of sp³-hybridized carbons (Fsp3) is 0.611. The van der Waals surface area contributed by atoms with Crippen molar-refractivity contribution in [2.45, 2.75) is 51.3 Å². The Hall–Kier alpha value is -1.75. The van der Waals surface area contributed by atoms with Gasteiger partial charge in [-0.3, -0.25) is 0 Å². The third-order valence-corrected chi connectivity index (χ3v) is 4.24. The summed E-state index contributed by atoms with van der Waals surface area (Å²) in [6.07, 6.45) is 1.70. The maximum Gasteiger partial charge on any atom is 0.410 e. The van der Waals surface area contributed by atoms with Crippen LogP contribution in [0.15, 0.2) is 24.3 Å². The van der Waals surface area contributed by atoms with Gasteiger partial charge in [0.15, 0.2) is 0 Å². The molecule has 0 bridgehead atoms. The molecule has 5 heteroatoms. The van der Waals surface area contributed by atoms with Gasteiger partial charge in [0.1, 0.15) is 11.4 Å². The van der Waals surface area contributed by atoms with Crippen LogP contribution in [0.3, 0.4) is 0 Å². The van der Waals surface area contributed by atoms with Crippen LogP contribution in [0.2, 0.25) is 0 Å². The molecule has 23 heavy (non-hydrogen) atoms. The molecular formula is C18H26N2O3. The lowest BCUT2D eigenvalue weighted by Crippen LogP contribution is -2.40. The number of carbonyl (C=O) groups is 1. The van der Waals surface area contributed by atoms with E-state index in [1.165, 1.54) is 5.56 Å². The van der Waals surface area contributed by atoms with Gasteiger partial charge in [-0.2, -0.15) is 0 Å². The van der Waals surface area contributed by atoms with E-state index in [9.17, 15) is 4.79 Å². The van der Waals surface area contributed by atoms with Crippen LogP contribution < -0.4 is 10.1 Å². The number of fused-ring (bicyclic) bond motifs is 1. The minimum absolute atomic E-state index is 0.214. The number of likely N-dealkylation sites (tertiary alicyclic amines) is 1. The van der Waals surface area contributed by atoms with E-state index in [0.29, 0.717) is 18.6 Å². The Balaban J connectivity index is 1.58. The highest BCUT2D eigenvalue weighted by atomic mass is 16.6. The number of hydrogen-bond acceptors (Lipinski definition) is 4. The van der Waals surface area contributed by atoms with Gasteiger partial charge in [0.05, 0.1) is 6.61 Å². The molecule has 1 aromatic rings. The zero-order valence-corrected chi connectivity index (χ0v) is 14.2. The van der Waals surface area contributed by atoms with E-state index in [4.69, 9.17) is 9.47 Å². The van der Waals surface area contributed by atoms with Gasteiger partial charge in [0.2, 0.25) is 0 Å². The lowest BCUT2D eigenvalue weighted by atomic mass is 9.99. The fourth-order valence-corrected chi connectivity index (χ4v) is 3.19. The molecule has 0 spiro atoms. The molecule has 5 nitrogen and oxygen atoms in total. The van der Waals surface area contributed by atoms with Crippen molar-refractivity contribution in [1.29, 1.82) is 0 Å². The molecular weight excluding hydrogens is 292 g/mol. The first kappa shape index (κ1) is 16.1. The predicted molar refractivity (Wildman–Crippen MR) is 88.6 cm³/mol. The minimum atomic E-state index is -0.442. The van der Waals surface area contributed by atoms with Gasteiger partial charge in [-0.15, -0.1) is 0 Å². The van der Waals surface area contributed by atoms with Crippen LogP contribution in [0.25, 0.3) is 0 Å². The van der Waals surface area contributed by atoms with Crippen LogP contribution >= 0.6 is 0 Å². The monoisotopic (exact) mass is 318 g/mol. The lowest BCUT2D eigenvalue weighted by Gasteiger charge is -2.29. The van der Waals surface area contributed by atoms with E-state index in [0.717, 1.165) is 31.7 Å². The Morgan fingerprint density at radius 1 is 1.30 bits per heavy atom. The van der Waals surface area contributed by atoms with Crippen molar-refractivity contribution in [3.63, 3.8) is 0 Å². The number of para-hydroxylation sites is 1. The summed E-state index contributed by atoms with van der Waals surface area (Å²) >= 11 is 0. The molecule has 1 aromatic carbocycles. The van der Waals surface area contributed by atoms with Crippen molar-refractivity contribution in [1.82, 2.24) is 10.2 Å². The number of nitrogens with zero attached hydrogens (tertiary/aromatic N) is 1. The third kappa shape index (κ3) is 3.96. The van der Waals surface area contributed by atoms with E-state index in [1.54, 1.807) is 4.90 Å². The minimum Gasteiger partial charge on any atom is -0.493 e. The Morgan fingerprint density at radius 3 is 2.87 bits per heavy atom. The van der Waals surface area contributed by atoms with Gasteiger partial charge in [-0.25, -0.2) is 4.79 Å². The maximum absolute atomic E-state index is 12.2. The molecule has 2 aliphatic rings. The lowest BCUT2D eigenvalue weighted by molar-refractivity contribution is 0.0290. The van der Waals surface area contributed by atoms with Gasteiger partial charge in [0, 0.05) is 37.2 Å². The standard InChI is InChI=1S/C18H26N2O3/c1-18(2,3)23-17(21)20-10-8-13(12-20)19-15-9-11-22-16-7-5-4-6-14(15)16/h4-7,13,15,19H,8-12H2,1-3H3. The molecule has 2 atom stereocenters. The number of nitrogens with one attached hydrogen (secondary N) is 1. The van der Waals surface area contributed by atoms with Crippen molar-refractivity contribution in [2.24, 2.45) is 0 Å². The Kier molecular flexibility index (Phi) is 4.48. The van der Waals surface area contributed by atoms with Crippen LogP contribution in [0, 0.1) is 0 Å². The Labute approximate surface area is 137 Å². The number of ether oxygens (including phenoxy) is 2. The first-order valence-electron chi connectivity index (χ1n) is 8.38. The van der Waals surface area contributed by atoms with Crippen molar-refractivity contribution in [3.8, 4) is 5.75 Å². The predicted octanol–water partition coefficient (Wildman–Crippen LogP) is 3.11. The molecule has 0 aromatic heterocycles. The molecule has 3 rings (SSSR count). The second-order valence-corrected chi connectivity index (χ2v) is 7.31. The van der Waals surface area contributed by atoms with Crippen LogP contribution in [-0.4, -0.2) is 42.3 Å². The first-order chi connectivity index (χ1) is 10.9. The van der Waals surface area contributed by atoms with Crippen molar-refractivity contribution < 1.29 is 14.3 Å². The van der Waals surface area contributed by atoms with Crippen molar-refractivity contribution >= 4 is 6.09 Å². The quantitative estimate of drug-likeness (QED) is 0.910. The Bertz CT molecular complexity index is 568. The second kappa shape index (κ2) is 6.40. The largest absolute Gasteiger partial charge is 0.493 e.